The Morgan fingerprint density at radius 1 is 1.39 bits per heavy atom. The van der Waals surface area contributed by atoms with Gasteiger partial charge in [-0.2, -0.15) is 5.26 Å². The molecule has 0 spiro atoms. The molecule has 0 radical (unpaired) electrons. The summed E-state index contributed by atoms with van der Waals surface area (Å²) < 4.78 is 0. The fraction of sp³-hybridized carbons (Fsp3) is 0.417. The third-order valence-electron chi connectivity index (χ3n) is 2.48. The molecule has 6 nitrogen and oxygen atoms in total. The van der Waals surface area contributed by atoms with Gasteiger partial charge in [-0.05, 0) is 31.4 Å². The predicted octanol–water partition coefficient (Wildman–Crippen LogP) is 2.04. The summed E-state index contributed by atoms with van der Waals surface area (Å²) in [7, 11) is 0. The molecule has 0 heterocycles. The first kappa shape index (κ1) is 13.9. The van der Waals surface area contributed by atoms with Crippen molar-refractivity contribution in [3.05, 3.63) is 33.9 Å². The topological polar surface area (TPSA) is 99.2 Å². The molecule has 1 aromatic carbocycles. The minimum atomic E-state index is -0.566. The molecule has 0 atom stereocenters. The van der Waals surface area contributed by atoms with Crippen molar-refractivity contribution in [2.24, 2.45) is 0 Å². The maximum absolute atomic E-state index is 10.6. The van der Waals surface area contributed by atoms with Gasteiger partial charge in [-0.15, -0.1) is 0 Å². The molecule has 0 aliphatic rings. The van der Waals surface area contributed by atoms with Gasteiger partial charge in [0.1, 0.15) is 11.6 Å². The Hall–Kier alpha value is -2.13. The van der Waals surface area contributed by atoms with Crippen molar-refractivity contribution < 1.29 is 10.0 Å². The first-order valence-corrected chi connectivity index (χ1v) is 5.72. The molecule has 18 heavy (non-hydrogen) atoms. The summed E-state index contributed by atoms with van der Waals surface area (Å²) in [4.78, 5) is 10.1. The van der Waals surface area contributed by atoms with Crippen molar-refractivity contribution in [2.45, 2.75) is 19.3 Å². The molecule has 0 amide bonds. The zero-order valence-corrected chi connectivity index (χ0v) is 9.93. The number of nitro groups is 1. The minimum absolute atomic E-state index is 0.0559. The van der Waals surface area contributed by atoms with Crippen LogP contribution in [0.1, 0.15) is 24.8 Å². The fourth-order valence-corrected chi connectivity index (χ4v) is 1.54. The largest absolute Gasteiger partial charge is 0.396 e. The van der Waals surface area contributed by atoms with E-state index in [1.165, 1.54) is 12.1 Å². The van der Waals surface area contributed by atoms with Gasteiger partial charge in [0, 0.05) is 24.9 Å². The molecule has 2 N–H and O–H groups in total. The second-order valence-electron chi connectivity index (χ2n) is 3.81. The van der Waals surface area contributed by atoms with E-state index in [0.717, 1.165) is 19.3 Å². The maximum Gasteiger partial charge on any atom is 0.287 e. The van der Waals surface area contributed by atoms with Crippen LogP contribution in [0.15, 0.2) is 18.2 Å². The number of anilines is 1. The number of nitrogens with one attached hydrogen (secondary N) is 1. The van der Waals surface area contributed by atoms with Crippen LogP contribution >= 0.6 is 0 Å². The second-order valence-corrected chi connectivity index (χ2v) is 3.81. The quantitative estimate of drug-likeness (QED) is 0.437. The van der Waals surface area contributed by atoms with E-state index in [1.807, 2.05) is 6.07 Å². The average molecular weight is 249 g/mol. The normalized spacial score (nSPS) is 9.78. The Labute approximate surface area is 105 Å². The number of nitro benzene ring substituents is 1. The summed E-state index contributed by atoms with van der Waals surface area (Å²) in [5.74, 6) is 0. The third-order valence-corrected chi connectivity index (χ3v) is 2.48. The molecule has 0 fully saturated rings. The van der Waals surface area contributed by atoms with Gasteiger partial charge in [-0.25, -0.2) is 0 Å². The number of aliphatic hydroxyl groups is 1. The van der Waals surface area contributed by atoms with E-state index < -0.39 is 4.92 Å². The molecule has 1 rings (SSSR count). The summed E-state index contributed by atoms with van der Waals surface area (Å²) in [6, 6.07) is 6.21. The van der Waals surface area contributed by atoms with Gasteiger partial charge in [-0.1, -0.05) is 0 Å². The van der Waals surface area contributed by atoms with Crippen LogP contribution in [0.2, 0.25) is 0 Å². The number of unbranched alkanes of at least 4 members (excludes halogenated alkanes) is 2. The number of nitriles is 1. The lowest BCUT2D eigenvalue weighted by Gasteiger charge is -2.06. The highest BCUT2D eigenvalue weighted by Gasteiger charge is 2.13. The Balaban J connectivity index is 2.58. The zero-order valence-electron chi connectivity index (χ0n) is 9.93. The van der Waals surface area contributed by atoms with Gasteiger partial charge >= 0.3 is 0 Å². The number of hydrogen-bond donors (Lipinski definition) is 2. The first-order chi connectivity index (χ1) is 8.69. The van der Waals surface area contributed by atoms with E-state index in [2.05, 4.69) is 5.32 Å². The Kier molecular flexibility index (Phi) is 5.61. The molecule has 0 saturated carbocycles. The van der Waals surface area contributed by atoms with Crippen LogP contribution in [0.25, 0.3) is 0 Å². The zero-order chi connectivity index (χ0) is 13.4. The van der Waals surface area contributed by atoms with Gasteiger partial charge in [0.25, 0.3) is 5.69 Å². The van der Waals surface area contributed by atoms with Crippen LogP contribution in [-0.4, -0.2) is 23.2 Å². The lowest BCUT2D eigenvalue weighted by molar-refractivity contribution is -0.385. The molecule has 1 aromatic rings. The van der Waals surface area contributed by atoms with Crippen LogP contribution < -0.4 is 5.32 Å². The number of benzene rings is 1. The number of hydrogen-bond acceptors (Lipinski definition) is 5. The van der Waals surface area contributed by atoms with Crippen molar-refractivity contribution in [1.82, 2.24) is 0 Å². The maximum atomic E-state index is 10.6. The van der Waals surface area contributed by atoms with E-state index in [-0.39, 0.29) is 17.9 Å². The Morgan fingerprint density at radius 3 is 2.78 bits per heavy atom. The summed E-state index contributed by atoms with van der Waals surface area (Å²) in [6.07, 6.45) is 2.59. The number of rotatable bonds is 7. The SMILES string of the molecule is N#Cc1cc(NCCCCCO)ccc1[N+](=O)[O-]. The summed E-state index contributed by atoms with van der Waals surface area (Å²) in [5.41, 5.74) is 0.574. The lowest BCUT2D eigenvalue weighted by atomic mass is 10.1. The summed E-state index contributed by atoms with van der Waals surface area (Å²) in [5, 5.41) is 31.2. The second kappa shape index (κ2) is 7.25. The minimum Gasteiger partial charge on any atom is -0.396 e. The molecule has 0 bridgehead atoms. The van der Waals surface area contributed by atoms with Crippen LogP contribution in [0.5, 0.6) is 0 Å². The highest BCUT2D eigenvalue weighted by atomic mass is 16.6. The monoisotopic (exact) mass is 249 g/mol. The molecular formula is C12H15N3O3. The Bertz CT molecular complexity index is 454. The van der Waals surface area contributed by atoms with Crippen molar-refractivity contribution >= 4 is 11.4 Å². The standard InChI is InChI=1S/C12H15N3O3/c13-9-10-8-11(4-5-12(10)15(17)18)14-6-2-1-3-7-16/h4-5,8,14,16H,1-3,6-7H2. The van der Waals surface area contributed by atoms with Crippen LogP contribution in [0.4, 0.5) is 11.4 Å². The summed E-state index contributed by atoms with van der Waals surface area (Å²) >= 11 is 0. The molecular weight excluding hydrogens is 234 g/mol. The molecule has 0 unspecified atom stereocenters. The van der Waals surface area contributed by atoms with Crippen molar-refractivity contribution in [3.63, 3.8) is 0 Å². The molecule has 0 saturated heterocycles. The predicted molar refractivity (Wildman–Crippen MR) is 67.2 cm³/mol. The molecule has 6 heteroatoms. The van der Waals surface area contributed by atoms with E-state index in [4.69, 9.17) is 10.4 Å². The highest BCUT2D eigenvalue weighted by Crippen LogP contribution is 2.21. The number of nitrogens with zero attached hydrogens (tertiary/aromatic N) is 2. The molecule has 0 aliphatic heterocycles. The summed E-state index contributed by atoms with van der Waals surface area (Å²) in [6.45, 7) is 0.902. The molecule has 0 aliphatic carbocycles. The smallest absolute Gasteiger partial charge is 0.287 e. The van der Waals surface area contributed by atoms with Gasteiger partial charge < -0.3 is 10.4 Å². The van der Waals surface area contributed by atoms with Gasteiger partial charge in [0.15, 0.2) is 0 Å². The van der Waals surface area contributed by atoms with Crippen molar-refractivity contribution in [2.75, 3.05) is 18.5 Å². The van der Waals surface area contributed by atoms with Crippen molar-refractivity contribution in [1.29, 1.82) is 5.26 Å². The van der Waals surface area contributed by atoms with Crippen LogP contribution in [-0.2, 0) is 0 Å². The molecule has 0 aromatic heterocycles. The van der Waals surface area contributed by atoms with E-state index in [9.17, 15) is 10.1 Å². The van der Waals surface area contributed by atoms with E-state index >= 15 is 0 Å². The lowest BCUT2D eigenvalue weighted by Crippen LogP contribution is -2.02. The van der Waals surface area contributed by atoms with Crippen LogP contribution in [0.3, 0.4) is 0 Å². The first-order valence-electron chi connectivity index (χ1n) is 5.72. The van der Waals surface area contributed by atoms with E-state index in [1.54, 1.807) is 6.07 Å². The third kappa shape index (κ3) is 4.03. The van der Waals surface area contributed by atoms with Crippen LogP contribution in [0, 0.1) is 21.4 Å². The van der Waals surface area contributed by atoms with Crippen molar-refractivity contribution in [3.8, 4) is 6.07 Å². The van der Waals surface area contributed by atoms with Gasteiger partial charge in [0.05, 0.1) is 4.92 Å². The van der Waals surface area contributed by atoms with Gasteiger partial charge in [-0.3, -0.25) is 10.1 Å². The van der Waals surface area contributed by atoms with E-state index in [0.29, 0.717) is 12.2 Å². The average Bonchev–Trinajstić information content (AvgIpc) is 2.38. The highest BCUT2D eigenvalue weighted by molar-refractivity contribution is 5.58. The fourth-order valence-electron chi connectivity index (χ4n) is 1.54. The Morgan fingerprint density at radius 2 is 2.17 bits per heavy atom. The molecule has 96 valence electrons. The number of aliphatic hydroxyl groups excluding tert-OH is 1. The van der Waals surface area contributed by atoms with Gasteiger partial charge in [0.2, 0.25) is 0 Å².